The van der Waals surface area contributed by atoms with Gasteiger partial charge in [-0.3, -0.25) is 4.79 Å². The van der Waals surface area contributed by atoms with Gasteiger partial charge >= 0.3 is 5.97 Å². The van der Waals surface area contributed by atoms with Gasteiger partial charge in [-0.05, 0) is 12.3 Å². The molecule has 1 unspecified atom stereocenters. The molecular weight excluding hydrogens is 308 g/mol. The maximum absolute atomic E-state index is 10.4. The summed E-state index contributed by atoms with van der Waals surface area (Å²) in [6, 6.07) is 0. The lowest BCUT2D eigenvalue weighted by Gasteiger charge is -2.10. The Morgan fingerprint density at radius 1 is 0.640 bits per heavy atom. The second-order valence-electron chi connectivity index (χ2n) is 8.13. The van der Waals surface area contributed by atoms with Crippen molar-refractivity contribution in [3.05, 3.63) is 0 Å². The molecular formula is C23H46O2. The monoisotopic (exact) mass is 354 g/mol. The van der Waals surface area contributed by atoms with Gasteiger partial charge < -0.3 is 5.11 Å². The van der Waals surface area contributed by atoms with Crippen molar-refractivity contribution < 1.29 is 9.90 Å². The van der Waals surface area contributed by atoms with E-state index in [1.54, 1.807) is 0 Å². The summed E-state index contributed by atoms with van der Waals surface area (Å²) < 4.78 is 0. The number of carboxylic acid groups (broad SMARTS) is 1. The molecule has 0 saturated carbocycles. The van der Waals surface area contributed by atoms with Crippen LogP contribution in [0, 0.1) is 5.92 Å². The molecule has 25 heavy (non-hydrogen) atoms. The summed E-state index contributed by atoms with van der Waals surface area (Å²) in [7, 11) is 0. The van der Waals surface area contributed by atoms with Crippen LogP contribution in [0.4, 0.5) is 0 Å². The maximum atomic E-state index is 10.4. The molecule has 0 rings (SSSR count). The summed E-state index contributed by atoms with van der Waals surface area (Å²) in [4.78, 5) is 10.4. The Morgan fingerprint density at radius 3 is 1.40 bits per heavy atom. The van der Waals surface area contributed by atoms with Crippen LogP contribution in [-0.2, 0) is 4.79 Å². The SMILES string of the molecule is CCCCCCC(C)CCCCCCCCCCCCCCC(=O)O. The van der Waals surface area contributed by atoms with Crippen LogP contribution in [0.15, 0.2) is 0 Å². The highest BCUT2D eigenvalue weighted by molar-refractivity contribution is 5.66. The Kier molecular flexibility index (Phi) is 19.4. The zero-order valence-corrected chi connectivity index (χ0v) is 17.4. The molecule has 0 amide bonds. The van der Waals surface area contributed by atoms with Crippen molar-refractivity contribution in [3.8, 4) is 0 Å². The molecule has 2 heteroatoms. The third kappa shape index (κ3) is 21.4. The van der Waals surface area contributed by atoms with E-state index in [0.717, 1.165) is 18.8 Å². The Labute approximate surface area is 158 Å². The second kappa shape index (κ2) is 19.8. The minimum Gasteiger partial charge on any atom is -0.481 e. The highest BCUT2D eigenvalue weighted by Gasteiger charge is 2.02. The number of hydrogen-bond donors (Lipinski definition) is 1. The van der Waals surface area contributed by atoms with E-state index in [1.165, 1.54) is 103 Å². The Hall–Kier alpha value is -0.530. The van der Waals surface area contributed by atoms with E-state index in [1.807, 2.05) is 0 Å². The van der Waals surface area contributed by atoms with Crippen LogP contribution in [0.5, 0.6) is 0 Å². The highest BCUT2D eigenvalue weighted by Crippen LogP contribution is 2.18. The molecule has 0 heterocycles. The minimum atomic E-state index is -0.651. The van der Waals surface area contributed by atoms with Gasteiger partial charge in [-0.2, -0.15) is 0 Å². The number of carboxylic acids is 1. The average Bonchev–Trinajstić information content (AvgIpc) is 2.58. The van der Waals surface area contributed by atoms with Crippen LogP contribution in [0.3, 0.4) is 0 Å². The summed E-state index contributed by atoms with van der Waals surface area (Å²) in [5.74, 6) is 0.286. The number of carbonyl (C=O) groups is 1. The normalized spacial score (nSPS) is 12.4. The number of aliphatic carboxylic acids is 1. The molecule has 0 spiro atoms. The molecule has 0 aliphatic rings. The molecule has 0 aromatic carbocycles. The van der Waals surface area contributed by atoms with E-state index in [2.05, 4.69) is 13.8 Å². The van der Waals surface area contributed by atoms with Crippen LogP contribution in [0.2, 0.25) is 0 Å². The van der Waals surface area contributed by atoms with E-state index < -0.39 is 5.97 Å². The third-order valence-corrected chi connectivity index (χ3v) is 5.39. The van der Waals surface area contributed by atoms with Gasteiger partial charge in [-0.25, -0.2) is 0 Å². The van der Waals surface area contributed by atoms with Crippen molar-refractivity contribution in [3.63, 3.8) is 0 Å². The van der Waals surface area contributed by atoms with Crippen LogP contribution in [-0.4, -0.2) is 11.1 Å². The largest absolute Gasteiger partial charge is 0.481 e. The summed E-state index contributed by atoms with van der Waals surface area (Å²) >= 11 is 0. The van der Waals surface area contributed by atoms with E-state index in [9.17, 15) is 4.79 Å². The third-order valence-electron chi connectivity index (χ3n) is 5.39. The summed E-state index contributed by atoms with van der Waals surface area (Å²) in [6.07, 6.45) is 24.5. The Morgan fingerprint density at radius 2 is 1.00 bits per heavy atom. The first kappa shape index (κ1) is 24.5. The van der Waals surface area contributed by atoms with Crippen LogP contribution < -0.4 is 0 Å². The van der Waals surface area contributed by atoms with Crippen LogP contribution in [0.1, 0.15) is 136 Å². The quantitative estimate of drug-likeness (QED) is 0.224. The molecule has 0 fully saturated rings. The average molecular weight is 355 g/mol. The molecule has 0 aliphatic carbocycles. The fourth-order valence-electron chi connectivity index (χ4n) is 3.60. The molecule has 0 aromatic heterocycles. The van der Waals surface area contributed by atoms with E-state index in [4.69, 9.17) is 5.11 Å². The fourth-order valence-corrected chi connectivity index (χ4v) is 3.60. The first-order valence-corrected chi connectivity index (χ1v) is 11.4. The van der Waals surface area contributed by atoms with Crippen molar-refractivity contribution in [2.24, 2.45) is 5.92 Å². The standard InChI is InChI=1S/C23H46O2/c1-3-4-5-16-19-22(2)20-17-14-12-10-8-6-7-9-11-13-15-18-21-23(24)25/h22H,3-21H2,1-2H3,(H,24,25). The fraction of sp³-hybridized carbons (Fsp3) is 0.957. The van der Waals surface area contributed by atoms with Crippen molar-refractivity contribution in [2.75, 3.05) is 0 Å². The summed E-state index contributed by atoms with van der Waals surface area (Å²) in [5.41, 5.74) is 0. The van der Waals surface area contributed by atoms with Crippen molar-refractivity contribution in [2.45, 2.75) is 136 Å². The minimum absolute atomic E-state index is 0.345. The van der Waals surface area contributed by atoms with Gasteiger partial charge in [-0.15, -0.1) is 0 Å². The molecule has 1 N–H and O–H groups in total. The van der Waals surface area contributed by atoms with Gasteiger partial charge in [0.2, 0.25) is 0 Å². The lowest BCUT2D eigenvalue weighted by atomic mass is 9.96. The Bertz CT molecular complexity index is 275. The molecule has 150 valence electrons. The van der Waals surface area contributed by atoms with Gasteiger partial charge in [-0.1, -0.05) is 123 Å². The second-order valence-corrected chi connectivity index (χ2v) is 8.13. The van der Waals surface area contributed by atoms with Crippen LogP contribution >= 0.6 is 0 Å². The van der Waals surface area contributed by atoms with Crippen LogP contribution in [0.25, 0.3) is 0 Å². The van der Waals surface area contributed by atoms with E-state index in [0.29, 0.717) is 6.42 Å². The first-order valence-electron chi connectivity index (χ1n) is 11.4. The summed E-state index contributed by atoms with van der Waals surface area (Å²) in [5, 5.41) is 8.57. The summed E-state index contributed by atoms with van der Waals surface area (Å²) in [6.45, 7) is 4.72. The van der Waals surface area contributed by atoms with Crippen molar-refractivity contribution in [1.29, 1.82) is 0 Å². The molecule has 0 saturated heterocycles. The van der Waals surface area contributed by atoms with Gasteiger partial charge in [0.1, 0.15) is 0 Å². The lowest BCUT2D eigenvalue weighted by molar-refractivity contribution is -0.137. The van der Waals surface area contributed by atoms with Gasteiger partial charge in [0.05, 0.1) is 0 Å². The Balaban J connectivity index is 3.10. The lowest BCUT2D eigenvalue weighted by Crippen LogP contribution is -1.95. The zero-order valence-electron chi connectivity index (χ0n) is 17.4. The van der Waals surface area contributed by atoms with Gasteiger partial charge in [0, 0.05) is 6.42 Å². The molecule has 0 radical (unpaired) electrons. The highest BCUT2D eigenvalue weighted by atomic mass is 16.4. The molecule has 0 bridgehead atoms. The van der Waals surface area contributed by atoms with Gasteiger partial charge in [0.15, 0.2) is 0 Å². The molecule has 2 nitrogen and oxygen atoms in total. The number of rotatable bonds is 20. The van der Waals surface area contributed by atoms with Gasteiger partial charge in [0.25, 0.3) is 0 Å². The first-order chi connectivity index (χ1) is 12.2. The predicted molar refractivity (Wildman–Crippen MR) is 110 cm³/mol. The van der Waals surface area contributed by atoms with Crippen molar-refractivity contribution in [1.82, 2.24) is 0 Å². The zero-order chi connectivity index (χ0) is 18.6. The topological polar surface area (TPSA) is 37.3 Å². The molecule has 1 atom stereocenters. The van der Waals surface area contributed by atoms with E-state index in [-0.39, 0.29) is 0 Å². The smallest absolute Gasteiger partial charge is 0.303 e. The number of unbranched alkanes of at least 4 members (excludes halogenated alkanes) is 14. The van der Waals surface area contributed by atoms with Crippen molar-refractivity contribution >= 4 is 5.97 Å². The molecule has 0 aliphatic heterocycles. The molecule has 0 aromatic rings. The van der Waals surface area contributed by atoms with E-state index >= 15 is 0 Å². The number of hydrogen-bond acceptors (Lipinski definition) is 1. The predicted octanol–water partition coefficient (Wildman–Crippen LogP) is 8.14. The maximum Gasteiger partial charge on any atom is 0.303 e.